The van der Waals surface area contributed by atoms with E-state index in [0.29, 0.717) is 18.3 Å². The Morgan fingerprint density at radius 3 is 2.80 bits per heavy atom. The number of amides is 1. The number of halogens is 3. The third-order valence-corrected chi connectivity index (χ3v) is 4.44. The lowest BCUT2D eigenvalue weighted by Gasteiger charge is -2.28. The van der Waals surface area contributed by atoms with Crippen molar-refractivity contribution in [3.8, 4) is 5.75 Å². The van der Waals surface area contributed by atoms with Crippen molar-refractivity contribution in [1.82, 2.24) is 10.6 Å². The third-order valence-electron chi connectivity index (χ3n) is 4.44. The van der Waals surface area contributed by atoms with Gasteiger partial charge in [0.2, 0.25) is 5.91 Å². The number of carbonyl (C=O) groups is 1. The largest absolute Gasteiger partial charge is 0.488 e. The highest BCUT2D eigenvalue weighted by molar-refractivity contribution is 5.85. The lowest BCUT2D eigenvalue weighted by Crippen LogP contribution is -2.39. The lowest BCUT2D eigenvalue weighted by molar-refractivity contribution is -0.123. The van der Waals surface area contributed by atoms with Gasteiger partial charge in [-0.1, -0.05) is 6.92 Å². The number of rotatable bonds is 7. The Morgan fingerprint density at radius 2 is 2.16 bits per heavy atom. The zero-order valence-corrected chi connectivity index (χ0v) is 15.5. The molecule has 0 aromatic heterocycles. The van der Waals surface area contributed by atoms with Crippen LogP contribution < -0.4 is 15.4 Å². The lowest BCUT2D eigenvalue weighted by atomic mass is 9.85. The van der Waals surface area contributed by atoms with Crippen LogP contribution >= 0.6 is 12.4 Å². The number of ether oxygens (including phenoxy) is 1. The van der Waals surface area contributed by atoms with Crippen LogP contribution in [0.5, 0.6) is 5.75 Å². The highest BCUT2D eigenvalue weighted by Crippen LogP contribution is 2.22. The maximum absolute atomic E-state index is 13.5. The Balaban J connectivity index is 0.00000312. The van der Waals surface area contributed by atoms with Gasteiger partial charge in [-0.05, 0) is 56.8 Å². The molecule has 3 unspecified atom stereocenters. The molecule has 1 aromatic carbocycles. The molecule has 4 nitrogen and oxygen atoms in total. The molecule has 0 spiro atoms. The molecule has 25 heavy (non-hydrogen) atoms. The molecule has 1 aliphatic heterocycles. The molecule has 1 amide bonds. The molecule has 7 heteroatoms. The third kappa shape index (κ3) is 7.16. The van der Waals surface area contributed by atoms with E-state index in [1.165, 1.54) is 6.07 Å². The minimum atomic E-state index is -0.744. The van der Waals surface area contributed by atoms with Gasteiger partial charge in [-0.15, -0.1) is 12.4 Å². The number of hydrogen-bond acceptors (Lipinski definition) is 3. The van der Waals surface area contributed by atoms with Crippen molar-refractivity contribution in [3.63, 3.8) is 0 Å². The topological polar surface area (TPSA) is 50.4 Å². The molecule has 1 fully saturated rings. The molecule has 1 heterocycles. The highest BCUT2D eigenvalue weighted by atomic mass is 35.5. The molecule has 142 valence electrons. The minimum Gasteiger partial charge on any atom is -0.488 e. The van der Waals surface area contributed by atoms with Gasteiger partial charge in [0, 0.05) is 12.5 Å². The fourth-order valence-electron chi connectivity index (χ4n) is 3.01. The van der Waals surface area contributed by atoms with Crippen molar-refractivity contribution in [3.05, 3.63) is 29.8 Å². The van der Waals surface area contributed by atoms with Crippen LogP contribution in [0.15, 0.2) is 18.2 Å². The van der Waals surface area contributed by atoms with E-state index in [0.717, 1.165) is 38.1 Å². The number of hydrogen-bond donors (Lipinski definition) is 2. The van der Waals surface area contributed by atoms with Crippen molar-refractivity contribution in [2.24, 2.45) is 11.8 Å². The van der Waals surface area contributed by atoms with Gasteiger partial charge in [0.25, 0.3) is 0 Å². The van der Waals surface area contributed by atoms with E-state index in [-0.39, 0.29) is 36.7 Å². The molecule has 0 aliphatic carbocycles. The predicted octanol–water partition coefficient (Wildman–Crippen LogP) is 3.30. The van der Waals surface area contributed by atoms with Crippen LogP contribution in [0.25, 0.3) is 0 Å². The molecule has 2 rings (SSSR count). The highest BCUT2D eigenvalue weighted by Gasteiger charge is 2.22. The van der Waals surface area contributed by atoms with Crippen molar-refractivity contribution in [2.75, 3.05) is 19.7 Å². The summed E-state index contributed by atoms with van der Waals surface area (Å²) in [6.07, 6.45) is 2.79. The fourth-order valence-corrected chi connectivity index (χ4v) is 3.01. The Morgan fingerprint density at radius 1 is 1.40 bits per heavy atom. The van der Waals surface area contributed by atoms with Crippen molar-refractivity contribution < 1.29 is 18.3 Å². The first-order valence-corrected chi connectivity index (χ1v) is 8.53. The summed E-state index contributed by atoms with van der Waals surface area (Å²) < 4.78 is 31.6. The molecule has 1 aromatic rings. The SMILES string of the molecule is CC(COc1ccc(F)cc1F)NC(=O)CC(C)C1CCCNC1.Cl. The number of piperidine rings is 1. The second-order valence-corrected chi connectivity index (χ2v) is 6.64. The van der Waals surface area contributed by atoms with Crippen LogP contribution in [0.2, 0.25) is 0 Å². The maximum Gasteiger partial charge on any atom is 0.220 e. The number of carbonyl (C=O) groups excluding carboxylic acids is 1. The van der Waals surface area contributed by atoms with Gasteiger partial charge in [0.1, 0.15) is 12.4 Å². The molecule has 1 saturated heterocycles. The van der Waals surface area contributed by atoms with E-state index < -0.39 is 11.6 Å². The summed E-state index contributed by atoms with van der Waals surface area (Å²) in [7, 11) is 0. The normalized spacial score (nSPS) is 19.4. The maximum atomic E-state index is 13.5. The Kier molecular flexibility index (Phi) is 9.14. The summed E-state index contributed by atoms with van der Waals surface area (Å²) in [6.45, 7) is 6.06. The number of nitrogens with one attached hydrogen (secondary N) is 2. The van der Waals surface area contributed by atoms with Crippen LogP contribution in [-0.4, -0.2) is 31.6 Å². The average Bonchev–Trinajstić information content (AvgIpc) is 2.54. The van der Waals surface area contributed by atoms with Gasteiger partial charge in [0.05, 0.1) is 6.04 Å². The summed E-state index contributed by atoms with van der Waals surface area (Å²) >= 11 is 0. The van der Waals surface area contributed by atoms with Gasteiger partial charge in [-0.25, -0.2) is 8.78 Å². The van der Waals surface area contributed by atoms with E-state index in [4.69, 9.17) is 4.74 Å². The van der Waals surface area contributed by atoms with Crippen molar-refractivity contribution in [1.29, 1.82) is 0 Å². The summed E-state index contributed by atoms with van der Waals surface area (Å²) in [5.74, 6) is -0.577. The van der Waals surface area contributed by atoms with E-state index in [1.807, 2.05) is 0 Å². The molecule has 3 atom stereocenters. The van der Waals surface area contributed by atoms with Crippen LogP contribution in [0.4, 0.5) is 8.78 Å². The molecule has 0 bridgehead atoms. The van der Waals surface area contributed by atoms with E-state index in [1.54, 1.807) is 6.92 Å². The molecular formula is C18H27ClF2N2O2. The van der Waals surface area contributed by atoms with Gasteiger partial charge in [-0.2, -0.15) is 0 Å². The van der Waals surface area contributed by atoms with Crippen LogP contribution in [-0.2, 0) is 4.79 Å². The molecular weight excluding hydrogens is 350 g/mol. The summed E-state index contributed by atoms with van der Waals surface area (Å²) in [6, 6.07) is 2.91. The molecule has 2 N–H and O–H groups in total. The first-order valence-electron chi connectivity index (χ1n) is 8.53. The second kappa shape index (κ2) is 10.6. The van der Waals surface area contributed by atoms with Crippen LogP contribution in [0.1, 0.15) is 33.1 Å². The molecule has 0 saturated carbocycles. The van der Waals surface area contributed by atoms with E-state index in [2.05, 4.69) is 17.6 Å². The van der Waals surface area contributed by atoms with Gasteiger partial charge < -0.3 is 15.4 Å². The zero-order chi connectivity index (χ0) is 17.5. The summed E-state index contributed by atoms with van der Waals surface area (Å²) in [5, 5.41) is 6.23. The monoisotopic (exact) mass is 376 g/mol. The van der Waals surface area contributed by atoms with Crippen molar-refractivity contribution >= 4 is 18.3 Å². The van der Waals surface area contributed by atoms with E-state index >= 15 is 0 Å². The van der Waals surface area contributed by atoms with Gasteiger partial charge in [-0.3, -0.25) is 4.79 Å². The summed E-state index contributed by atoms with van der Waals surface area (Å²) in [4.78, 5) is 12.1. The Labute approximate surface area is 154 Å². The molecule has 0 radical (unpaired) electrons. The molecule has 1 aliphatic rings. The van der Waals surface area contributed by atoms with Gasteiger partial charge in [0.15, 0.2) is 11.6 Å². The van der Waals surface area contributed by atoms with Crippen LogP contribution in [0, 0.1) is 23.5 Å². The van der Waals surface area contributed by atoms with Gasteiger partial charge >= 0.3 is 0 Å². The fraction of sp³-hybridized carbons (Fsp3) is 0.611. The summed E-state index contributed by atoms with van der Waals surface area (Å²) in [5.41, 5.74) is 0. The first kappa shape index (κ1) is 21.6. The smallest absolute Gasteiger partial charge is 0.220 e. The Hall–Kier alpha value is -1.40. The quantitative estimate of drug-likeness (QED) is 0.767. The second-order valence-electron chi connectivity index (χ2n) is 6.64. The van der Waals surface area contributed by atoms with Crippen LogP contribution in [0.3, 0.4) is 0 Å². The Bertz CT molecular complexity index is 554. The zero-order valence-electron chi connectivity index (χ0n) is 14.7. The predicted molar refractivity (Wildman–Crippen MR) is 96.1 cm³/mol. The first-order chi connectivity index (χ1) is 11.5. The average molecular weight is 377 g/mol. The van der Waals surface area contributed by atoms with Crippen molar-refractivity contribution in [2.45, 2.75) is 39.2 Å². The standard InChI is InChI=1S/C18H26F2N2O2.ClH/c1-12(14-4-3-7-21-10-14)8-18(23)22-13(2)11-24-17-6-5-15(19)9-16(17)20;/h5-6,9,12-14,21H,3-4,7-8,10-11H2,1-2H3,(H,22,23);1H. The number of benzene rings is 1. The minimum absolute atomic E-state index is 0. The van der Waals surface area contributed by atoms with E-state index in [9.17, 15) is 13.6 Å².